The van der Waals surface area contributed by atoms with Crippen LogP contribution in [0.1, 0.15) is 41.4 Å². The number of carboxylic acids is 1. The molecule has 37 heavy (non-hydrogen) atoms. The molecule has 0 atom stereocenters. The molecule has 0 aliphatic carbocycles. The van der Waals surface area contributed by atoms with Crippen LogP contribution in [0.25, 0.3) is 11.1 Å². The van der Waals surface area contributed by atoms with Gasteiger partial charge in [0.25, 0.3) is 5.91 Å². The van der Waals surface area contributed by atoms with E-state index in [2.05, 4.69) is 16.8 Å². The number of carboxylic acid groups (broad SMARTS) is 1. The zero-order valence-corrected chi connectivity index (χ0v) is 20.7. The summed E-state index contributed by atoms with van der Waals surface area (Å²) in [7, 11) is 1.55. The summed E-state index contributed by atoms with van der Waals surface area (Å²) in [5.41, 5.74) is 0.220. The first-order chi connectivity index (χ1) is 17.5. The maximum Gasteiger partial charge on any atom is 0.433 e. The van der Waals surface area contributed by atoms with E-state index >= 15 is 0 Å². The monoisotopic (exact) mass is 530 g/mol. The summed E-state index contributed by atoms with van der Waals surface area (Å²) >= 11 is 6.37. The van der Waals surface area contributed by atoms with E-state index in [1.165, 1.54) is 30.0 Å². The smallest absolute Gasteiger partial charge is 0.433 e. The maximum absolute atomic E-state index is 13.4. The molecule has 0 radical (unpaired) electrons. The van der Waals surface area contributed by atoms with E-state index in [-0.39, 0.29) is 34.7 Å². The highest BCUT2D eigenvalue weighted by atomic mass is 35.5. The minimum atomic E-state index is -4.64. The van der Waals surface area contributed by atoms with Crippen LogP contribution in [0.2, 0.25) is 5.02 Å². The summed E-state index contributed by atoms with van der Waals surface area (Å²) in [5.74, 6) is 4.28. The standard InChI is InChI=1S/C27H22ClF3N2O4/c1-3-7-17-15-24(27(29,30)31)32-16-20(17)19-14-18(11-12-21(19)28)26(36)33(2)22-8-4-5-9-23(22)37-13-6-10-25(34)35/h4-5,8-9,11-12,14-16H,6,10,13H2,1-2H3,(H,34,35). The zero-order chi connectivity index (χ0) is 27.2. The molecule has 0 saturated carbocycles. The normalized spacial score (nSPS) is 10.9. The Morgan fingerprint density at radius 2 is 1.86 bits per heavy atom. The van der Waals surface area contributed by atoms with Gasteiger partial charge in [0, 0.05) is 46.9 Å². The van der Waals surface area contributed by atoms with E-state index in [1.807, 2.05) is 0 Å². The fourth-order valence-electron chi connectivity index (χ4n) is 3.49. The summed E-state index contributed by atoms with van der Waals surface area (Å²) in [5, 5.41) is 9.00. The molecule has 0 aliphatic heterocycles. The topological polar surface area (TPSA) is 79.7 Å². The highest BCUT2D eigenvalue weighted by Crippen LogP contribution is 2.35. The van der Waals surface area contributed by atoms with Crippen LogP contribution in [0, 0.1) is 11.8 Å². The summed E-state index contributed by atoms with van der Waals surface area (Å²) < 4.78 is 45.2. The van der Waals surface area contributed by atoms with Gasteiger partial charge >= 0.3 is 12.1 Å². The molecular weight excluding hydrogens is 509 g/mol. The Labute approximate surface area is 216 Å². The third-order valence-corrected chi connectivity index (χ3v) is 5.61. The largest absolute Gasteiger partial charge is 0.491 e. The molecule has 3 rings (SSSR count). The van der Waals surface area contributed by atoms with Gasteiger partial charge in [-0.1, -0.05) is 29.7 Å². The lowest BCUT2D eigenvalue weighted by atomic mass is 9.98. The van der Waals surface area contributed by atoms with Crippen molar-refractivity contribution in [1.29, 1.82) is 0 Å². The third-order valence-electron chi connectivity index (χ3n) is 5.28. The number of para-hydroxylation sites is 2. The number of rotatable bonds is 8. The number of carbonyl (C=O) groups excluding carboxylic acids is 1. The lowest BCUT2D eigenvalue weighted by molar-refractivity contribution is -0.141. The number of amides is 1. The van der Waals surface area contributed by atoms with E-state index in [9.17, 15) is 22.8 Å². The van der Waals surface area contributed by atoms with Gasteiger partial charge in [0.05, 0.1) is 12.3 Å². The number of nitrogens with zero attached hydrogens (tertiary/aromatic N) is 2. The Morgan fingerprint density at radius 1 is 1.14 bits per heavy atom. The van der Waals surface area contributed by atoms with Gasteiger partial charge in [-0.3, -0.25) is 14.6 Å². The number of carbonyl (C=O) groups is 2. The van der Waals surface area contributed by atoms with Crippen molar-refractivity contribution in [3.05, 3.63) is 76.6 Å². The fourth-order valence-corrected chi connectivity index (χ4v) is 3.71. The molecule has 3 aromatic rings. The van der Waals surface area contributed by atoms with E-state index in [0.29, 0.717) is 23.4 Å². The van der Waals surface area contributed by atoms with Crippen LogP contribution in [0.15, 0.2) is 54.7 Å². The number of pyridine rings is 1. The Morgan fingerprint density at radius 3 is 2.54 bits per heavy atom. The van der Waals surface area contributed by atoms with Crippen LogP contribution in [0.4, 0.5) is 18.9 Å². The van der Waals surface area contributed by atoms with Gasteiger partial charge in [-0.25, -0.2) is 0 Å². The average Bonchev–Trinajstić information content (AvgIpc) is 2.86. The number of halogens is 4. The molecule has 1 heterocycles. The number of hydrogen-bond acceptors (Lipinski definition) is 4. The second-order valence-electron chi connectivity index (χ2n) is 7.86. The summed E-state index contributed by atoms with van der Waals surface area (Å²) in [6.07, 6.45) is -3.35. The van der Waals surface area contributed by atoms with Crippen molar-refractivity contribution in [1.82, 2.24) is 4.98 Å². The van der Waals surface area contributed by atoms with Crippen molar-refractivity contribution in [3.8, 4) is 28.7 Å². The first-order valence-electron chi connectivity index (χ1n) is 11.0. The van der Waals surface area contributed by atoms with Gasteiger partial charge in [0.2, 0.25) is 0 Å². The van der Waals surface area contributed by atoms with Crippen molar-refractivity contribution >= 4 is 29.2 Å². The molecule has 1 aromatic heterocycles. The van der Waals surface area contributed by atoms with E-state index < -0.39 is 23.7 Å². The quantitative estimate of drug-likeness (QED) is 0.272. The predicted octanol–water partition coefficient (Wildman–Crippen LogP) is 6.31. The molecule has 0 aliphatic rings. The van der Waals surface area contributed by atoms with E-state index in [0.717, 1.165) is 12.3 Å². The lowest BCUT2D eigenvalue weighted by Gasteiger charge is -2.21. The minimum absolute atomic E-state index is 0.0479. The molecule has 6 nitrogen and oxygen atoms in total. The highest BCUT2D eigenvalue weighted by molar-refractivity contribution is 6.33. The van der Waals surface area contributed by atoms with Crippen LogP contribution in [0.3, 0.4) is 0 Å². The third kappa shape index (κ3) is 6.80. The van der Waals surface area contributed by atoms with Gasteiger partial charge in [0.15, 0.2) is 0 Å². The van der Waals surface area contributed by atoms with Crippen LogP contribution in [-0.2, 0) is 11.0 Å². The van der Waals surface area contributed by atoms with Gasteiger partial charge in [-0.2, -0.15) is 13.2 Å². The van der Waals surface area contributed by atoms with Crippen molar-refractivity contribution in [2.24, 2.45) is 0 Å². The molecule has 10 heteroatoms. The van der Waals surface area contributed by atoms with E-state index in [4.69, 9.17) is 21.4 Å². The Hall–Kier alpha value is -4.03. The first kappa shape index (κ1) is 27.6. The number of aliphatic carboxylic acids is 1. The zero-order valence-electron chi connectivity index (χ0n) is 19.9. The van der Waals surface area contributed by atoms with Crippen LogP contribution in [0.5, 0.6) is 5.75 Å². The van der Waals surface area contributed by atoms with Crippen molar-refractivity contribution in [2.45, 2.75) is 25.9 Å². The van der Waals surface area contributed by atoms with Crippen molar-refractivity contribution in [2.75, 3.05) is 18.6 Å². The Bertz CT molecular complexity index is 1380. The number of ether oxygens (including phenoxy) is 1. The molecule has 0 spiro atoms. The number of alkyl halides is 3. The molecular formula is C27H22ClF3N2O4. The highest BCUT2D eigenvalue weighted by Gasteiger charge is 2.33. The first-order valence-corrected chi connectivity index (χ1v) is 11.4. The van der Waals surface area contributed by atoms with Gasteiger partial charge in [0.1, 0.15) is 11.4 Å². The summed E-state index contributed by atoms with van der Waals surface area (Å²) in [6, 6.07) is 12.1. The summed E-state index contributed by atoms with van der Waals surface area (Å²) in [4.78, 5) is 29.0. The number of hydrogen-bond donors (Lipinski definition) is 1. The summed E-state index contributed by atoms with van der Waals surface area (Å²) in [6.45, 7) is 1.65. The molecule has 192 valence electrons. The molecule has 2 aromatic carbocycles. The minimum Gasteiger partial charge on any atom is -0.491 e. The molecule has 0 saturated heterocycles. The molecule has 0 fully saturated rings. The average molecular weight is 531 g/mol. The van der Waals surface area contributed by atoms with Gasteiger partial charge in [-0.15, -0.1) is 5.92 Å². The molecule has 0 bridgehead atoms. The Kier molecular flexibility index (Phi) is 8.79. The van der Waals surface area contributed by atoms with Gasteiger partial charge < -0.3 is 14.7 Å². The second kappa shape index (κ2) is 11.8. The lowest BCUT2D eigenvalue weighted by Crippen LogP contribution is -2.26. The van der Waals surface area contributed by atoms with Crippen LogP contribution in [-0.4, -0.2) is 35.6 Å². The molecule has 1 amide bonds. The second-order valence-corrected chi connectivity index (χ2v) is 8.27. The van der Waals surface area contributed by atoms with Crippen LogP contribution >= 0.6 is 11.6 Å². The van der Waals surface area contributed by atoms with Crippen molar-refractivity contribution in [3.63, 3.8) is 0 Å². The van der Waals surface area contributed by atoms with Crippen molar-refractivity contribution < 1.29 is 32.6 Å². The van der Waals surface area contributed by atoms with Crippen LogP contribution < -0.4 is 9.64 Å². The number of anilines is 1. The number of benzene rings is 2. The Balaban J connectivity index is 1.94. The molecule has 1 N–H and O–H groups in total. The SMILES string of the molecule is CC#Cc1cc(C(F)(F)F)ncc1-c1cc(C(=O)N(C)c2ccccc2OCCCC(=O)O)ccc1Cl. The molecule has 0 unspecified atom stereocenters. The van der Waals surface area contributed by atoms with Gasteiger partial charge in [-0.05, 0) is 49.7 Å². The number of aromatic nitrogens is 1. The fraction of sp³-hybridized carbons (Fsp3) is 0.222. The van der Waals surface area contributed by atoms with E-state index in [1.54, 1.807) is 31.3 Å². The maximum atomic E-state index is 13.4. The predicted molar refractivity (Wildman–Crippen MR) is 134 cm³/mol.